The Balaban J connectivity index is 0.00000420. The Bertz CT molecular complexity index is 602. The summed E-state index contributed by atoms with van der Waals surface area (Å²) < 4.78 is 0. The summed E-state index contributed by atoms with van der Waals surface area (Å²) in [5.41, 5.74) is 1.33. The molecule has 1 amide bonds. The molecule has 8 heteroatoms. The number of benzene rings is 1. The van der Waals surface area contributed by atoms with Gasteiger partial charge >= 0.3 is 0 Å². The number of carbonyl (C=O) groups is 1. The lowest BCUT2D eigenvalue weighted by atomic mass is 10.2. The van der Waals surface area contributed by atoms with Crippen LogP contribution >= 0.6 is 24.0 Å². The molecule has 1 aromatic carbocycles. The number of carbonyl (C=O) groups excluding carboxylic acids is 1. The molecule has 0 aromatic heterocycles. The highest BCUT2D eigenvalue weighted by molar-refractivity contribution is 14.0. The number of para-hydroxylation sites is 1. The smallest absolute Gasteiger partial charge is 0.243 e. The van der Waals surface area contributed by atoms with E-state index in [1.54, 1.807) is 19.0 Å². The minimum Gasteiger partial charge on any atom is -0.369 e. The molecular formula is C21H37IN6O. The fourth-order valence-electron chi connectivity index (χ4n) is 3.17. The van der Waals surface area contributed by atoms with Crippen molar-refractivity contribution >= 4 is 41.5 Å². The molecule has 164 valence electrons. The number of halogens is 1. The average molecular weight is 516 g/mol. The first kappa shape index (κ1) is 25.5. The highest BCUT2D eigenvalue weighted by Crippen LogP contribution is 2.15. The molecule has 1 heterocycles. The van der Waals surface area contributed by atoms with Gasteiger partial charge in [0.25, 0.3) is 0 Å². The van der Waals surface area contributed by atoms with Gasteiger partial charge < -0.3 is 20.4 Å². The van der Waals surface area contributed by atoms with Crippen LogP contribution in [0, 0.1) is 0 Å². The van der Waals surface area contributed by atoms with Crippen molar-refractivity contribution in [3.63, 3.8) is 0 Å². The van der Waals surface area contributed by atoms with Gasteiger partial charge in [-0.1, -0.05) is 18.2 Å². The van der Waals surface area contributed by atoms with Crippen molar-refractivity contribution in [3.05, 3.63) is 30.3 Å². The van der Waals surface area contributed by atoms with E-state index in [2.05, 4.69) is 55.8 Å². The molecule has 1 fully saturated rings. The number of anilines is 1. The Kier molecular flexibility index (Phi) is 12.7. The van der Waals surface area contributed by atoms with Gasteiger partial charge in [-0.25, -0.2) is 4.99 Å². The number of aliphatic imine (C=N–C) groups is 1. The van der Waals surface area contributed by atoms with Crippen molar-refractivity contribution in [1.29, 1.82) is 0 Å². The minimum absolute atomic E-state index is 0. The molecule has 1 aromatic rings. The summed E-state index contributed by atoms with van der Waals surface area (Å²) in [6.07, 6.45) is 2.25. The van der Waals surface area contributed by atoms with E-state index >= 15 is 0 Å². The number of hydrogen-bond donors (Lipinski definition) is 2. The van der Waals surface area contributed by atoms with Crippen molar-refractivity contribution in [3.8, 4) is 0 Å². The highest BCUT2D eigenvalue weighted by atomic mass is 127. The number of guanidine groups is 1. The summed E-state index contributed by atoms with van der Waals surface area (Å²) in [5, 5.41) is 6.51. The van der Waals surface area contributed by atoms with Crippen molar-refractivity contribution in [2.24, 2.45) is 4.99 Å². The van der Waals surface area contributed by atoms with Crippen molar-refractivity contribution in [1.82, 2.24) is 20.4 Å². The van der Waals surface area contributed by atoms with E-state index in [-0.39, 0.29) is 36.4 Å². The van der Waals surface area contributed by atoms with E-state index in [0.29, 0.717) is 5.96 Å². The summed E-state index contributed by atoms with van der Waals surface area (Å²) in [6.45, 7) is 9.43. The predicted molar refractivity (Wildman–Crippen MR) is 132 cm³/mol. The number of hydrogen-bond acceptors (Lipinski definition) is 4. The quantitative estimate of drug-likeness (QED) is 0.227. The Hall–Kier alpha value is -1.55. The van der Waals surface area contributed by atoms with E-state index < -0.39 is 0 Å². The monoisotopic (exact) mass is 516 g/mol. The van der Waals surface area contributed by atoms with Gasteiger partial charge in [0.05, 0.1) is 0 Å². The number of piperazine rings is 1. The Morgan fingerprint density at radius 2 is 1.76 bits per heavy atom. The lowest BCUT2D eigenvalue weighted by Crippen LogP contribution is -2.46. The maximum absolute atomic E-state index is 11.7. The zero-order valence-electron chi connectivity index (χ0n) is 18.1. The van der Waals surface area contributed by atoms with Crippen LogP contribution in [0.5, 0.6) is 0 Å². The molecule has 2 N–H and O–H groups in total. The molecule has 1 aliphatic rings. The summed E-state index contributed by atoms with van der Waals surface area (Å²) in [7, 11) is 3.50. The molecule has 0 aliphatic carbocycles. The van der Waals surface area contributed by atoms with E-state index in [1.807, 2.05) is 6.92 Å². The Morgan fingerprint density at radius 3 is 2.38 bits per heavy atom. The van der Waals surface area contributed by atoms with Crippen LogP contribution in [0.25, 0.3) is 0 Å². The normalized spacial score (nSPS) is 14.9. The van der Waals surface area contributed by atoms with E-state index in [1.165, 1.54) is 5.69 Å². The standard InChI is InChI=1S/C21H36N6O.HI/c1-4-22-21(24-18-20(28)25(2)3)23-12-8-9-13-26-14-16-27(17-15-26)19-10-6-5-7-11-19;/h5-7,10-11H,4,8-9,12-18H2,1-3H3,(H2,22,23,24);1H. The maximum Gasteiger partial charge on any atom is 0.243 e. The van der Waals surface area contributed by atoms with Gasteiger partial charge in [-0.15, -0.1) is 24.0 Å². The van der Waals surface area contributed by atoms with Gasteiger partial charge in [-0.3, -0.25) is 9.69 Å². The predicted octanol–water partition coefficient (Wildman–Crippen LogP) is 1.85. The van der Waals surface area contributed by atoms with Crippen LogP contribution in [-0.2, 0) is 4.79 Å². The molecule has 2 rings (SSSR count). The lowest BCUT2D eigenvalue weighted by Gasteiger charge is -2.36. The van der Waals surface area contributed by atoms with Crippen LogP contribution in [-0.4, -0.2) is 88.1 Å². The lowest BCUT2D eigenvalue weighted by molar-refractivity contribution is -0.127. The summed E-state index contributed by atoms with van der Waals surface area (Å²) in [5.74, 6) is 0.723. The van der Waals surface area contributed by atoms with Crippen LogP contribution in [0.4, 0.5) is 5.69 Å². The zero-order chi connectivity index (χ0) is 20.2. The van der Waals surface area contributed by atoms with E-state index in [0.717, 1.165) is 58.7 Å². The molecule has 0 unspecified atom stereocenters. The molecule has 0 atom stereocenters. The molecule has 1 aliphatic heterocycles. The third-order valence-electron chi connectivity index (χ3n) is 4.90. The van der Waals surface area contributed by atoms with Crippen LogP contribution in [0.2, 0.25) is 0 Å². The van der Waals surface area contributed by atoms with E-state index in [9.17, 15) is 4.79 Å². The SMILES string of the molecule is CCNC(=NCC(=O)N(C)C)NCCCCN1CCN(c2ccccc2)CC1.I. The first-order valence-electron chi connectivity index (χ1n) is 10.3. The first-order valence-corrected chi connectivity index (χ1v) is 10.3. The number of amides is 1. The van der Waals surface area contributed by atoms with Crippen molar-refractivity contribution in [2.75, 3.05) is 71.4 Å². The van der Waals surface area contributed by atoms with Gasteiger partial charge in [0.15, 0.2) is 5.96 Å². The summed E-state index contributed by atoms with van der Waals surface area (Å²) in [4.78, 5) is 22.6. The Morgan fingerprint density at radius 1 is 1.07 bits per heavy atom. The van der Waals surface area contributed by atoms with Gasteiger partial charge in [0.2, 0.25) is 5.91 Å². The fraction of sp³-hybridized carbons (Fsp3) is 0.619. The minimum atomic E-state index is 0. The summed E-state index contributed by atoms with van der Waals surface area (Å²) >= 11 is 0. The van der Waals surface area contributed by atoms with Gasteiger partial charge in [-0.2, -0.15) is 0 Å². The number of nitrogens with zero attached hydrogens (tertiary/aromatic N) is 4. The van der Waals surface area contributed by atoms with Crippen molar-refractivity contribution < 1.29 is 4.79 Å². The van der Waals surface area contributed by atoms with Crippen LogP contribution in [0.3, 0.4) is 0 Å². The molecule has 1 saturated heterocycles. The van der Waals surface area contributed by atoms with E-state index in [4.69, 9.17) is 0 Å². The third-order valence-corrected chi connectivity index (χ3v) is 4.90. The van der Waals surface area contributed by atoms with Crippen molar-refractivity contribution in [2.45, 2.75) is 19.8 Å². The molecule has 0 saturated carbocycles. The maximum atomic E-state index is 11.7. The first-order chi connectivity index (χ1) is 13.6. The fourth-order valence-corrected chi connectivity index (χ4v) is 3.17. The van der Waals surface area contributed by atoms with Crippen LogP contribution in [0.1, 0.15) is 19.8 Å². The summed E-state index contributed by atoms with van der Waals surface area (Å²) in [6, 6.07) is 10.7. The highest BCUT2D eigenvalue weighted by Gasteiger charge is 2.16. The molecule has 0 bridgehead atoms. The number of likely N-dealkylation sites (N-methyl/N-ethyl adjacent to an activating group) is 1. The largest absolute Gasteiger partial charge is 0.369 e. The second-order valence-electron chi connectivity index (χ2n) is 7.28. The average Bonchev–Trinajstić information content (AvgIpc) is 2.72. The number of rotatable bonds is 9. The molecular weight excluding hydrogens is 479 g/mol. The van der Waals surface area contributed by atoms with Gasteiger partial charge in [-0.05, 0) is 38.4 Å². The number of nitrogens with one attached hydrogen (secondary N) is 2. The van der Waals surface area contributed by atoms with Gasteiger partial charge in [0.1, 0.15) is 6.54 Å². The molecule has 7 nitrogen and oxygen atoms in total. The number of unbranched alkanes of at least 4 members (excludes halogenated alkanes) is 1. The zero-order valence-corrected chi connectivity index (χ0v) is 20.4. The topological polar surface area (TPSA) is 63.2 Å². The van der Waals surface area contributed by atoms with Crippen LogP contribution in [0.15, 0.2) is 35.3 Å². The second kappa shape index (κ2) is 14.4. The third kappa shape index (κ3) is 9.66. The van der Waals surface area contributed by atoms with Gasteiger partial charge in [0, 0.05) is 59.1 Å². The second-order valence-corrected chi connectivity index (χ2v) is 7.28. The molecule has 0 spiro atoms. The Labute approximate surface area is 192 Å². The molecule has 0 radical (unpaired) electrons. The van der Waals surface area contributed by atoms with Crippen LogP contribution < -0.4 is 15.5 Å². The molecule has 29 heavy (non-hydrogen) atoms.